The third-order valence-electron chi connectivity index (χ3n) is 3.70. The molecule has 108 valence electrons. The van der Waals surface area contributed by atoms with Crippen molar-refractivity contribution >= 4 is 0 Å². The van der Waals surface area contributed by atoms with Crippen LogP contribution in [0.15, 0.2) is 0 Å². The Morgan fingerprint density at radius 1 is 0.944 bits per heavy atom. The standard InChI is InChI=1S/C16H32O2/c1-6-8-9-10-11-14-12-13(7-2)17-15(18-14)16(3,4)5/h13-15H,6-12H2,1-5H3/t13-,14-,15+/m0/s1. The summed E-state index contributed by atoms with van der Waals surface area (Å²) in [5.41, 5.74) is 0.0789. The molecule has 1 aliphatic heterocycles. The largest absolute Gasteiger partial charge is 0.349 e. The fourth-order valence-electron chi connectivity index (χ4n) is 2.44. The molecule has 0 amide bonds. The Labute approximate surface area is 113 Å². The van der Waals surface area contributed by atoms with Gasteiger partial charge in [0.1, 0.15) is 0 Å². The summed E-state index contributed by atoms with van der Waals surface area (Å²) < 4.78 is 12.2. The maximum atomic E-state index is 6.14. The lowest BCUT2D eigenvalue weighted by Gasteiger charge is -2.41. The quantitative estimate of drug-likeness (QED) is 0.628. The van der Waals surface area contributed by atoms with Crippen molar-refractivity contribution in [3.63, 3.8) is 0 Å². The normalized spacial score (nSPS) is 29.5. The van der Waals surface area contributed by atoms with Crippen LogP contribution in [-0.2, 0) is 9.47 Å². The Hall–Kier alpha value is -0.0800. The molecular weight excluding hydrogens is 224 g/mol. The van der Waals surface area contributed by atoms with Gasteiger partial charge in [0.2, 0.25) is 0 Å². The molecule has 1 aliphatic rings. The van der Waals surface area contributed by atoms with Gasteiger partial charge < -0.3 is 9.47 Å². The summed E-state index contributed by atoms with van der Waals surface area (Å²) in [4.78, 5) is 0. The topological polar surface area (TPSA) is 18.5 Å². The Morgan fingerprint density at radius 3 is 2.17 bits per heavy atom. The average molecular weight is 256 g/mol. The highest BCUT2D eigenvalue weighted by atomic mass is 16.7. The van der Waals surface area contributed by atoms with Gasteiger partial charge in [-0.25, -0.2) is 0 Å². The average Bonchev–Trinajstić information content (AvgIpc) is 2.33. The van der Waals surface area contributed by atoms with Crippen molar-refractivity contribution in [1.82, 2.24) is 0 Å². The second kappa shape index (κ2) is 7.49. The first-order chi connectivity index (χ1) is 8.47. The van der Waals surface area contributed by atoms with Crippen molar-refractivity contribution in [2.75, 3.05) is 0 Å². The second-order valence-corrected chi connectivity index (χ2v) is 6.71. The van der Waals surface area contributed by atoms with Crippen molar-refractivity contribution in [3.05, 3.63) is 0 Å². The SMILES string of the molecule is CCCCCC[C@H]1C[C@H](CC)O[C@@H](C(C)(C)C)O1. The van der Waals surface area contributed by atoms with Crippen LogP contribution in [-0.4, -0.2) is 18.5 Å². The van der Waals surface area contributed by atoms with Crippen molar-refractivity contribution in [3.8, 4) is 0 Å². The summed E-state index contributed by atoms with van der Waals surface area (Å²) in [5.74, 6) is 0. The van der Waals surface area contributed by atoms with Crippen LogP contribution in [0.2, 0.25) is 0 Å². The van der Waals surface area contributed by atoms with Crippen molar-refractivity contribution in [2.24, 2.45) is 5.41 Å². The van der Waals surface area contributed by atoms with Gasteiger partial charge >= 0.3 is 0 Å². The summed E-state index contributed by atoms with van der Waals surface area (Å²) >= 11 is 0. The Balaban J connectivity index is 2.42. The van der Waals surface area contributed by atoms with E-state index in [1.807, 2.05) is 0 Å². The van der Waals surface area contributed by atoms with E-state index < -0.39 is 0 Å². The van der Waals surface area contributed by atoms with E-state index in [0.717, 1.165) is 12.8 Å². The molecule has 0 aromatic heterocycles. The van der Waals surface area contributed by atoms with Crippen LogP contribution in [0.4, 0.5) is 0 Å². The minimum absolute atomic E-state index is 0.0348. The van der Waals surface area contributed by atoms with Gasteiger partial charge in [0, 0.05) is 5.41 Å². The molecule has 1 rings (SSSR count). The first-order valence-corrected chi connectivity index (χ1v) is 7.78. The fourth-order valence-corrected chi connectivity index (χ4v) is 2.44. The van der Waals surface area contributed by atoms with Gasteiger partial charge in [0.15, 0.2) is 6.29 Å². The zero-order chi connectivity index (χ0) is 13.6. The maximum absolute atomic E-state index is 6.14. The third-order valence-corrected chi connectivity index (χ3v) is 3.70. The molecule has 2 nitrogen and oxygen atoms in total. The summed E-state index contributed by atoms with van der Waals surface area (Å²) in [6.45, 7) is 11.1. The predicted octanol–water partition coefficient (Wildman–Crippen LogP) is 4.91. The lowest BCUT2D eigenvalue weighted by Crippen LogP contribution is -2.44. The van der Waals surface area contributed by atoms with Crippen molar-refractivity contribution in [1.29, 1.82) is 0 Å². The highest BCUT2D eigenvalue weighted by Crippen LogP contribution is 2.33. The van der Waals surface area contributed by atoms with Crippen LogP contribution in [0, 0.1) is 5.41 Å². The Morgan fingerprint density at radius 2 is 1.61 bits per heavy atom. The molecule has 2 heteroatoms. The van der Waals surface area contributed by atoms with E-state index in [9.17, 15) is 0 Å². The summed E-state index contributed by atoms with van der Waals surface area (Å²) in [5, 5.41) is 0. The number of rotatable bonds is 6. The predicted molar refractivity (Wildman–Crippen MR) is 76.7 cm³/mol. The van der Waals surface area contributed by atoms with E-state index in [1.54, 1.807) is 0 Å². The first-order valence-electron chi connectivity index (χ1n) is 7.78. The van der Waals surface area contributed by atoms with Crippen LogP contribution in [0.25, 0.3) is 0 Å². The van der Waals surface area contributed by atoms with E-state index in [-0.39, 0.29) is 11.7 Å². The molecule has 0 saturated carbocycles. The van der Waals surface area contributed by atoms with Crippen LogP contribution in [0.1, 0.15) is 79.6 Å². The number of hydrogen-bond acceptors (Lipinski definition) is 2. The van der Waals surface area contributed by atoms with Gasteiger partial charge in [-0.15, -0.1) is 0 Å². The summed E-state index contributed by atoms with van der Waals surface area (Å²) in [6, 6.07) is 0. The number of unbranched alkanes of at least 4 members (excludes halogenated alkanes) is 3. The molecule has 0 aromatic rings. The van der Waals surface area contributed by atoms with E-state index in [0.29, 0.717) is 12.2 Å². The van der Waals surface area contributed by atoms with Gasteiger partial charge in [-0.05, 0) is 19.3 Å². The Bertz CT molecular complexity index is 220. The molecule has 0 aliphatic carbocycles. The van der Waals surface area contributed by atoms with Gasteiger partial charge in [-0.1, -0.05) is 60.3 Å². The third kappa shape index (κ3) is 5.27. The monoisotopic (exact) mass is 256 g/mol. The van der Waals surface area contributed by atoms with Crippen LogP contribution in [0.3, 0.4) is 0 Å². The zero-order valence-corrected chi connectivity index (χ0v) is 13.0. The van der Waals surface area contributed by atoms with Gasteiger partial charge in [0.05, 0.1) is 12.2 Å². The minimum Gasteiger partial charge on any atom is -0.349 e. The number of hydrogen-bond donors (Lipinski definition) is 0. The van der Waals surface area contributed by atoms with Crippen LogP contribution < -0.4 is 0 Å². The van der Waals surface area contributed by atoms with E-state index >= 15 is 0 Å². The molecule has 0 radical (unpaired) electrons. The van der Waals surface area contributed by atoms with E-state index in [1.165, 1.54) is 32.1 Å². The number of ether oxygens (including phenoxy) is 2. The zero-order valence-electron chi connectivity index (χ0n) is 13.0. The molecule has 0 aromatic carbocycles. The van der Waals surface area contributed by atoms with Crippen molar-refractivity contribution < 1.29 is 9.47 Å². The first kappa shape index (κ1) is 16.0. The van der Waals surface area contributed by atoms with Gasteiger partial charge in [0.25, 0.3) is 0 Å². The van der Waals surface area contributed by atoms with Gasteiger partial charge in [-0.3, -0.25) is 0 Å². The van der Waals surface area contributed by atoms with E-state index in [2.05, 4.69) is 34.6 Å². The van der Waals surface area contributed by atoms with E-state index in [4.69, 9.17) is 9.47 Å². The molecule has 3 atom stereocenters. The molecule has 0 spiro atoms. The highest BCUT2D eigenvalue weighted by Gasteiger charge is 2.35. The molecule has 0 unspecified atom stereocenters. The molecule has 1 heterocycles. The molecule has 0 bridgehead atoms. The molecule has 18 heavy (non-hydrogen) atoms. The summed E-state index contributed by atoms with van der Waals surface area (Å²) in [7, 11) is 0. The highest BCUT2D eigenvalue weighted by molar-refractivity contribution is 4.77. The van der Waals surface area contributed by atoms with Crippen LogP contribution >= 0.6 is 0 Å². The molecule has 0 N–H and O–H groups in total. The molecule has 1 saturated heterocycles. The lowest BCUT2D eigenvalue weighted by atomic mass is 9.93. The van der Waals surface area contributed by atoms with Crippen LogP contribution in [0.5, 0.6) is 0 Å². The maximum Gasteiger partial charge on any atom is 0.163 e. The van der Waals surface area contributed by atoms with Gasteiger partial charge in [-0.2, -0.15) is 0 Å². The fraction of sp³-hybridized carbons (Fsp3) is 1.00. The molecular formula is C16H32O2. The second-order valence-electron chi connectivity index (χ2n) is 6.71. The minimum atomic E-state index is -0.0348. The smallest absolute Gasteiger partial charge is 0.163 e. The summed E-state index contributed by atoms with van der Waals surface area (Å²) in [6.07, 6.45) is 9.43. The molecule has 1 fully saturated rings. The van der Waals surface area contributed by atoms with Crippen molar-refractivity contribution in [2.45, 2.75) is 98.1 Å². The Kier molecular flexibility index (Phi) is 6.65. The lowest BCUT2D eigenvalue weighted by molar-refractivity contribution is -0.280.